The monoisotopic (exact) mass is 2540 g/mol. The molecule has 0 fully saturated rings. The summed E-state index contributed by atoms with van der Waals surface area (Å²) in [5, 5.41) is 30.9. The van der Waals surface area contributed by atoms with Gasteiger partial charge >= 0.3 is 0 Å². The molecule has 5 heterocycles. The van der Waals surface area contributed by atoms with Gasteiger partial charge in [0.1, 0.15) is 11.5 Å². The van der Waals surface area contributed by atoms with Crippen molar-refractivity contribution in [1.29, 1.82) is 0 Å². The van der Waals surface area contributed by atoms with Gasteiger partial charge in [-0.25, -0.2) is 0 Å². The number of rotatable bonds is 16. The second-order valence-corrected chi connectivity index (χ2v) is 38.0. The zero-order valence-electron chi connectivity index (χ0n) is 84.2. The first-order valence-corrected chi connectivity index (χ1v) is 45.8. The van der Waals surface area contributed by atoms with Gasteiger partial charge in [-0.2, -0.15) is 0 Å². The van der Waals surface area contributed by atoms with Gasteiger partial charge in [0, 0.05) is 127 Å². The van der Waals surface area contributed by atoms with Crippen LogP contribution in [0, 0.1) is 101 Å². The van der Waals surface area contributed by atoms with E-state index in [-0.39, 0.29) is 126 Å². The van der Waals surface area contributed by atoms with Crippen molar-refractivity contribution in [2.75, 3.05) is 0 Å². The molecular formula is C122H134Ir4N5O6-5. The van der Waals surface area contributed by atoms with E-state index in [1.54, 1.807) is 12.1 Å². The van der Waals surface area contributed by atoms with Gasteiger partial charge in [0.2, 0.25) is 0 Å². The molecule has 0 saturated heterocycles. The number of carbonyl (C=O) groups is 3. The van der Waals surface area contributed by atoms with Crippen LogP contribution < -0.4 is 0 Å². The van der Waals surface area contributed by atoms with Gasteiger partial charge in [-0.1, -0.05) is 296 Å². The predicted octanol–water partition coefficient (Wildman–Crippen LogP) is 31.4. The van der Waals surface area contributed by atoms with Crippen LogP contribution in [0.25, 0.3) is 106 Å². The summed E-state index contributed by atoms with van der Waals surface area (Å²) in [6.45, 7) is 49.6. The number of Topliss-reactive ketones (excluding diaryl/α,β-unsaturated/α-hetero) is 1. The Kier molecular flexibility index (Phi) is 49.0. The van der Waals surface area contributed by atoms with Gasteiger partial charge in [0.25, 0.3) is 0 Å². The van der Waals surface area contributed by atoms with Crippen LogP contribution >= 0.6 is 0 Å². The zero-order valence-corrected chi connectivity index (χ0v) is 93.8. The minimum atomic E-state index is -0.417. The van der Waals surface area contributed by atoms with Gasteiger partial charge in [-0.15, -0.1) is 176 Å². The predicted molar refractivity (Wildman–Crippen MR) is 557 cm³/mol. The number of aliphatic hydroxyl groups excluding tert-OH is 3. The summed E-state index contributed by atoms with van der Waals surface area (Å²) >= 11 is 0. The van der Waals surface area contributed by atoms with Gasteiger partial charge in [-0.05, 0) is 169 Å². The third-order valence-corrected chi connectivity index (χ3v) is 21.1. The maximum Gasteiger partial charge on any atom is 0.164 e. The summed E-state index contributed by atoms with van der Waals surface area (Å²) in [5.41, 5.74) is 30.3. The Morgan fingerprint density at radius 1 is 0.409 bits per heavy atom. The van der Waals surface area contributed by atoms with Crippen LogP contribution in [0.5, 0.6) is 0 Å². The summed E-state index contributed by atoms with van der Waals surface area (Å²) in [7, 11) is 0. The van der Waals surface area contributed by atoms with E-state index in [2.05, 4.69) is 314 Å². The largest absolute Gasteiger partial charge is 0.512 e. The number of para-hydroxylation sites is 2. The number of nitrogens with zero attached hydrogens (tertiary/aromatic N) is 5. The first kappa shape index (κ1) is 118. The van der Waals surface area contributed by atoms with Crippen molar-refractivity contribution >= 4 is 55.6 Å². The van der Waals surface area contributed by atoms with Gasteiger partial charge < -0.3 is 25.3 Å². The molecule has 11 nitrogen and oxygen atoms in total. The number of hydrogen-bond donors (Lipinski definition) is 3. The molecule has 15 aromatic rings. The minimum Gasteiger partial charge on any atom is -0.512 e. The van der Waals surface area contributed by atoms with Crippen molar-refractivity contribution < 1.29 is 110 Å². The number of fused-ring (bicyclic) bond motifs is 3. The Bertz CT molecular complexity index is 6440. The van der Waals surface area contributed by atoms with Crippen molar-refractivity contribution in [1.82, 2.24) is 24.9 Å². The molecule has 15 rings (SSSR count). The molecule has 0 spiro atoms. The number of aryl methyl sites for hydroxylation is 8. The molecule has 0 aliphatic rings. The van der Waals surface area contributed by atoms with Crippen molar-refractivity contribution in [2.45, 2.75) is 204 Å². The minimum absolute atomic E-state index is 0. The number of pyridine rings is 5. The molecule has 0 atom stereocenters. The summed E-state index contributed by atoms with van der Waals surface area (Å²) in [6, 6.07) is 104. The fourth-order valence-electron chi connectivity index (χ4n) is 14.6. The molecule has 3 N–H and O–H groups in total. The maximum atomic E-state index is 11.5. The van der Waals surface area contributed by atoms with Crippen molar-refractivity contribution in [3.8, 4) is 67.4 Å². The van der Waals surface area contributed by atoms with E-state index in [9.17, 15) is 24.6 Å². The SMILES string of the molecule is CC(=O)C(=C(C)O)c1ccccc1.CC(=O)C=C(C)O.CC(C)(C)C(=O)C=C(O)C(C)(C)C.CC(C)(C)c1ccnc(-c2[c-]ccc(-c3ccccc3)c2)c1.CCCc1ccc(-c2[c-]cccc2)nc1.Cc1[c-]c(-c2cc(CC(C)C)c3cc(C)ccc3n2)cc(C)c1.Cc1[c-]c(-c2cc(CC(C)C)c3ccccc3n2)cc(C)c1.Cc1[c-]c(-c2ccc3ccccc3n2)cc(C)c1.[Ir].[Ir].[Ir].[Ir]. The molecule has 0 aliphatic carbocycles. The van der Waals surface area contributed by atoms with Gasteiger partial charge in [0.15, 0.2) is 17.3 Å². The zero-order chi connectivity index (χ0) is 97.4. The van der Waals surface area contributed by atoms with Crippen LogP contribution in [0.4, 0.5) is 0 Å². The fourth-order valence-corrected chi connectivity index (χ4v) is 14.6. The number of carbonyl (C=O) groups excluding carboxylic acids is 3. The maximum absolute atomic E-state index is 11.5. The second kappa shape index (κ2) is 56.7. The molecule has 0 aliphatic heterocycles. The number of allylic oxidation sites excluding steroid dienone is 6. The summed E-state index contributed by atoms with van der Waals surface area (Å²) in [5.74, 6) is 1.24. The van der Waals surface area contributed by atoms with Crippen LogP contribution in [0.1, 0.15) is 198 Å². The van der Waals surface area contributed by atoms with E-state index < -0.39 is 5.41 Å². The van der Waals surface area contributed by atoms with Crippen molar-refractivity contribution in [3.05, 3.63) is 394 Å². The second-order valence-electron chi connectivity index (χ2n) is 38.0. The Morgan fingerprint density at radius 2 is 0.905 bits per heavy atom. The molecule has 0 amide bonds. The topological polar surface area (TPSA) is 176 Å². The summed E-state index contributed by atoms with van der Waals surface area (Å²) < 4.78 is 0. The average molecular weight is 2540 g/mol. The van der Waals surface area contributed by atoms with E-state index in [0.29, 0.717) is 17.4 Å². The van der Waals surface area contributed by atoms with Crippen LogP contribution in [-0.4, -0.2) is 57.6 Å². The first-order valence-electron chi connectivity index (χ1n) is 45.8. The Morgan fingerprint density at radius 3 is 1.38 bits per heavy atom. The van der Waals surface area contributed by atoms with E-state index in [1.807, 2.05) is 127 Å². The van der Waals surface area contributed by atoms with E-state index in [0.717, 1.165) is 114 Å². The molecule has 10 aromatic carbocycles. The van der Waals surface area contributed by atoms with E-state index in [4.69, 9.17) is 20.1 Å². The molecular weight excluding hydrogens is 2400 g/mol. The van der Waals surface area contributed by atoms with Gasteiger partial charge in [0.05, 0.1) is 27.9 Å². The number of hydrogen-bond acceptors (Lipinski definition) is 11. The molecule has 0 unspecified atom stereocenters. The summed E-state index contributed by atoms with van der Waals surface area (Å²) in [4.78, 5) is 56.1. The quantitative estimate of drug-likeness (QED) is 0.0477. The fraction of sp³-hybridized carbons (Fsp3) is 0.279. The van der Waals surface area contributed by atoms with Crippen LogP contribution in [0.3, 0.4) is 0 Å². The molecule has 724 valence electrons. The number of aromatic nitrogens is 5. The van der Waals surface area contributed by atoms with Gasteiger partial charge in [-0.3, -0.25) is 29.3 Å². The van der Waals surface area contributed by atoms with Crippen LogP contribution in [-0.2, 0) is 119 Å². The average Bonchev–Trinajstić information content (AvgIpc) is 0.798. The number of benzene rings is 10. The molecule has 0 bridgehead atoms. The molecule has 15 heteroatoms. The summed E-state index contributed by atoms with van der Waals surface area (Å²) in [6.07, 6.45) is 10.8. The molecule has 5 aromatic heterocycles. The van der Waals surface area contributed by atoms with Crippen LogP contribution in [0.2, 0.25) is 0 Å². The normalized spacial score (nSPS) is 11.2. The first-order chi connectivity index (χ1) is 62.9. The Labute approximate surface area is 871 Å². The third kappa shape index (κ3) is 39.0. The number of aliphatic hydroxyl groups is 3. The number of ketones is 3. The standard InChI is InChI=1S/C22H24N.C21H22N.C21H20N.C17H14N.C14H14N.C11H12O2.C11H20O2.C5H8O2.4Ir/c1-14(2)8-18-13-22(19-10-16(4)9-17(5)11-19)23-21-7-6-15(3)12-20(18)21;1-14(2)9-17-13-21(18-11-15(3)10-16(4)12-18)22-20-8-6-5-7-19(17)20;1-21(2,3)19-12-13-22-20(15-19)18-11-7-10-17(14-18)16-8-5-4-6-9-16;1-12-9-13(2)11-15(10-12)17-8-7-14-5-3-4-6-16(14)18-17;1-2-6-12-9-10-14(15-11-12)13-7-4-3-5-8-13;1-8(12)11(9(2)13)10-6-4-3-5-7-10;1-10(2,3)8(12)7-9(13)11(4,5)6;1-4(6)3-5(2)7;;;;/h6-7,9-10,12-14H,8H2,1-5H3;5-8,10-11,13-14H,9H2,1-4H3;4-10,12-15H,1-3H3;3-10H,1-2H3;3-5,7,9-11H,2,6H2,1H3;3-7,12H,1-2H3;7,12H,1-6H3;3,6H,1-2H3;;;;/q5*-1;;;;;;;. The molecule has 0 saturated carbocycles. The smallest absolute Gasteiger partial charge is 0.164 e. The van der Waals surface area contributed by atoms with Crippen molar-refractivity contribution in [3.63, 3.8) is 0 Å². The Balaban J connectivity index is 0.000000331. The molecule has 137 heavy (non-hydrogen) atoms. The third-order valence-electron chi connectivity index (χ3n) is 21.1. The molecule has 4 radical (unpaired) electrons. The Hall–Kier alpha value is -11.0. The van der Waals surface area contributed by atoms with Crippen molar-refractivity contribution in [2.24, 2.45) is 22.7 Å². The van der Waals surface area contributed by atoms with Crippen LogP contribution in [0.15, 0.2) is 297 Å². The van der Waals surface area contributed by atoms with E-state index in [1.165, 1.54) is 118 Å². The van der Waals surface area contributed by atoms with E-state index >= 15 is 0 Å².